The molecule has 0 saturated heterocycles. The predicted octanol–water partition coefficient (Wildman–Crippen LogP) is 3.26. The molecule has 0 fully saturated rings. The van der Waals surface area contributed by atoms with Crippen molar-refractivity contribution in [3.8, 4) is 5.75 Å². The molecule has 0 spiro atoms. The second-order valence-corrected chi connectivity index (χ2v) is 5.72. The summed E-state index contributed by atoms with van der Waals surface area (Å²) in [5, 5.41) is 9.97. The van der Waals surface area contributed by atoms with Crippen LogP contribution < -0.4 is 0 Å². The third-order valence-corrected chi connectivity index (χ3v) is 2.76. The van der Waals surface area contributed by atoms with Gasteiger partial charge in [0.15, 0.2) is 0 Å². The topological polar surface area (TPSA) is 55.8 Å². The zero-order chi connectivity index (χ0) is 13.9. The molecule has 0 aliphatic heterocycles. The van der Waals surface area contributed by atoms with Crippen molar-refractivity contribution in [1.29, 1.82) is 0 Å². The lowest BCUT2D eigenvalue weighted by Crippen LogP contribution is -2.24. The van der Waals surface area contributed by atoms with Crippen molar-refractivity contribution in [3.63, 3.8) is 0 Å². The average Bonchev–Trinajstić information content (AvgIpc) is 2.21. The highest BCUT2D eigenvalue weighted by Crippen LogP contribution is 2.32. The molecule has 18 heavy (non-hydrogen) atoms. The Bertz CT molecular complexity index is 449. The van der Waals surface area contributed by atoms with Gasteiger partial charge in [0.1, 0.15) is 16.9 Å². The second kappa shape index (κ2) is 5.71. The van der Waals surface area contributed by atoms with Gasteiger partial charge in [0.05, 0.1) is 11.1 Å². The van der Waals surface area contributed by atoms with Crippen molar-refractivity contribution >= 4 is 21.9 Å². The zero-order valence-corrected chi connectivity index (χ0v) is 12.5. The number of carbonyl (C=O) groups excluding carboxylic acids is 1. The lowest BCUT2D eigenvalue weighted by Gasteiger charge is -2.21. The van der Waals surface area contributed by atoms with E-state index in [1.165, 1.54) is 7.11 Å². The lowest BCUT2D eigenvalue weighted by atomic mass is 10.1. The molecular weight excluding hydrogens is 300 g/mol. The van der Waals surface area contributed by atoms with E-state index in [1.807, 2.05) is 0 Å². The number of phenolic OH excluding ortho intramolecular Hbond substituents is 1. The summed E-state index contributed by atoms with van der Waals surface area (Å²) in [5.41, 5.74) is 0.115. The number of benzene rings is 1. The van der Waals surface area contributed by atoms with Gasteiger partial charge in [-0.3, -0.25) is 0 Å². The van der Waals surface area contributed by atoms with Gasteiger partial charge in [0.25, 0.3) is 0 Å². The Balaban J connectivity index is 3.19. The molecule has 4 nitrogen and oxygen atoms in total. The summed E-state index contributed by atoms with van der Waals surface area (Å²) in [7, 11) is 1.53. The fourth-order valence-electron chi connectivity index (χ4n) is 1.44. The van der Waals surface area contributed by atoms with Crippen molar-refractivity contribution in [2.45, 2.75) is 33.0 Å². The Morgan fingerprint density at radius 3 is 2.50 bits per heavy atom. The van der Waals surface area contributed by atoms with Crippen molar-refractivity contribution in [2.24, 2.45) is 0 Å². The van der Waals surface area contributed by atoms with Gasteiger partial charge >= 0.3 is 5.97 Å². The maximum atomic E-state index is 12.1. The molecule has 1 rings (SSSR count). The van der Waals surface area contributed by atoms with E-state index in [-0.39, 0.29) is 17.9 Å². The third kappa shape index (κ3) is 3.71. The van der Waals surface area contributed by atoms with Crippen LogP contribution >= 0.6 is 15.9 Å². The number of hydrogen-bond acceptors (Lipinski definition) is 4. The van der Waals surface area contributed by atoms with E-state index in [1.54, 1.807) is 32.9 Å². The van der Waals surface area contributed by atoms with Crippen LogP contribution in [0.2, 0.25) is 0 Å². The first kappa shape index (κ1) is 15.0. The number of phenols is 1. The third-order valence-electron chi connectivity index (χ3n) is 2.12. The SMILES string of the molecule is COCc1ccc(Br)c(O)c1C(=O)OC(C)(C)C. The largest absolute Gasteiger partial charge is 0.506 e. The van der Waals surface area contributed by atoms with Gasteiger partial charge in [0.2, 0.25) is 0 Å². The molecule has 1 N–H and O–H groups in total. The van der Waals surface area contributed by atoms with Gasteiger partial charge in [-0.15, -0.1) is 0 Å². The number of aromatic hydroxyl groups is 1. The molecule has 0 atom stereocenters. The summed E-state index contributed by atoms with van der Waals surface area (Å²) >= 11 is 3.18. The molecule has 1 aromatic rings. The molecule has 0 heterocycles. The Kier molecular flexibility index (Phi) is 4.76. The van der Waals surface area contributed by atoms with Crippen LogP contribution in [0.4, 0.5) is 0 Å². The number of halogens is 1. The van der Waals surface area contributed by atoms with E-state index in [4.69, 9.17) is 9.47 Å². The van der Waals surface area contributed by atoms with Crippen molar-refractivity contribution in [1.82, 2.24) is 0 Å². The molecule has 0 saturated carbocycles. The summed E-state index contributed by atoms with van der Waals surface area (Å²) in [6.45, 7) is 5.55. The number of rotatable bonds is 3. The number of ether oxygens (including phenoxy) is 2. The molecule has 0 aliphatic carbocycles. The molecule has 100 valence electrons. The van der Waals surface area contributed by atoms with Crippen LogP contribution in [0.25, 0.3) is 0 Å². The van der Waals surface area contributed by atoms with Crippen LogP contribution in [0.5, 0.6) is 5.75 Å². The maximum Gasteiger partial charge on any atom is 0.342 e. The maximum absolute atomic E-state index is 12.1. The number of hydrogen-bond donors (Lipinski definition) is 1. The van der Waals surface area contributed by atoms with E-state index < -0.39 is 11.6 Å². The minimum absolute atomic E-state index is 0.126. The van der Waals surface area contributed by atoms with E-state index in [0.29, 0.717) is 10.0 Å². The van der Waals surface area contributed by atoms with Gasteiger partial charge in [-0.05, 0) is 48.3 Å². The Labute approximate surface area is 115 Å². The first-order chi connectivity index (χ1) is 8.26. The van der Waals surface area contributed by atoms with Crippen LogP contribution in [0.15, 0.2) is 16.6 Å². The molecular formula is C13H17BrO4. The quantitative estimate of drug-likeness (QED) is 0.870. The molecule has 1 aromatic carbocycles. The average molecular weight is 317 g/mol. The molecule has 0 aromatic heterocycles. The standard InChI is InChI=1S/C13H17BrO4/c1-13(2,3)18-12(16)10-8(7-17-4)5-6-9(14)11(10)15/h5-6,15H,7H2,1-4H3. The van der Waals surface area contributed by atoms with Gasteiger partial charge in [-0.1, -0.05) is 6.07 Å². The number of carbonyl (C=O) groups is 1. The lowest BCUT2D eigenvalue weighted by molar-refractivity contribution is 0.00629. The van der Waals surface area contributed by atoms with Crippen LogP contribution in [0, 0.1) is 0 Å². The molecule has 5 heteroatoms. The fourth-order valence-corrected chi connectivity index (χ4v) is 1.77. The number of methoxy groups -OCH3 is 1. The molecule has 0 unspecified atom stereocenters. The van der Waals surface area contributed by atoms with Crippen LogP contribution in [0.3, 0.4) is 0 Å². The minimum atomic E-state index is -0.615. The number of esters is 1. The molecule has 0 amide bonds. The highest BCUT2D eigenvalue weighted by Gasteiger charge is 2.24. The summed E-state index contributed by atoms with van der Waals surface area (Å²) < 4.78 is 10.7. The van der Waals surface area contributed by atoms with E-state index in [2.05, 4.69) is 15.9 Å². The van der Waals surface area contributed by atoms with Gasteiger partial charge in [-0.25, -0.2) is 4.79 Å². The fraction of sp³-hybridized carbons (Fsp3) is 0.462. The second-order valence-electron chi connectivity index (χ2n) is 4.87. The minimum Gasteiger partial charge on any atom is -0.506 e. The smallest absolute Gasteiger partial charge is 0.342 e. The van der Waals surface area contributed by atoms with Gasteiger partial charge in [-0.2, -0.15) is 0 Å². The monoisotopic (exact) mass is 316 g/mol. The molecule has 0 bridgehead atoms. The van der Waals surface area contributed by atoms with Crippen LogP contribution in [0.1, 0.15) is 36.7 Å². The van der Waals surface area contributed by atoms with Crippen LogP contribution in [-0.2, 0) is 16.1 Å². The summed E-state index contributed by atoms with van der Waals surface area (Å²) in [4.78, 5) is 12.1. The summed E-state index contributed by atoms with van der Waals surface area (Å²) in [6, 6.07) is 3.38. The Hall–Kier alpha value is -1.07. The highest BCUT2D eigenvalue weighted by molar-refractivity contribution is 9.10. The normalized spacial score (nSPS) is 11.4. The first-order valence-corrected chi connectivity index (χ1v) is 6.28. The zero-order valence-electron chi connectivity index (χ0n) is 10.9. The Morgan fingerprint density at radius 2 is 2.00 bits per heavy atom. The van der Waals surface area contributed by atoms with Crippen molar-refractivity contribution in [2.75, 3.05) is 7.11 Å². The van der Waals surface area contributed by atoms with Gasteiger partial charge < -0.3 is 14.6 Å². The predicted molar refractivity (Wildman–Crippen MR) is 71.7 cm³/mol. The molecule has 0 aliphatic rings. The van der Waals surface area contributed by atoms with E-state index in [0.717, 1.165) is 0 Å². The molecule has 0 radical (unpaired) electrons. The first-order valence-electron chi connectivity index (χ1n) is 5.49. The Morgan fingerprint density at radius 1 is 1.39 bits per heavy atom. The van der Waals surface area contributed by atoms with E-state index >= 15 is 0 Å². The van der Waals surface area contributed by atoms with E-state index in [9.17, 15) is 9.90 Å². The van der Waals surface area contributed by atoms with Gasteiger partial charge in [0, 0.05) is 7.11 Å². The highest BCUT2D eigenvalue weighted by atomic mass is 79.9. The summed E-state index contributed by atoms with van der Waals surface area (Å²) in [5.74, 6) is -0.688. The van der Waals surface area contributed by atoms with Crippen LogP contribution in [-0.4, -0.2) is 23.8 Å². The summed E-state index contributed by atoms with van der Waals surface area (Å²) in [6.07, 6.45) is 0. The van der Waals surface area contributed by atoms with Crippen molar-refractivity contribution < 1.29 is 19.4 Å². The van der Waals surface area contributed by atoms with Crippen molar-refractivity contribution in [3.05, 3.63) is 27.7 Å².